The molecule has 1 aliphatic rings. The molecule has 2 N–H and O–H groups in total. The van der Waals surface area contributed by atoms with Gasteiger partial charge in [0.15, 0.2) is 0 Å². The Morgan fingerprint density at radius 1 is 0.868 bits per heavy atom. The SMILES string of the molecule is CC/C=C\C/C=C\C/C=C\C/C=C\C/C=C\CCCC(=O)NC1CCC(CNC(=O)c2cccnc2)CC1. The Morgan fingerprint density at radius 3 is 2.05 bits per heavy atom. The van der Waals surface area contributed by atoms with Gasteiger partial charge in [0, 0.05) is 31.4 Å². The van der Waals surface area contributed by atoms with E-state index >= 15 is 0 Å². The number of unbranched alkanes of at least 4 members (excludes halogenated alkanes) is 1. The molecule has 206 valence electrons. The number of pyridine rings is 1. The van der Waals surface area contributed by atoms with Gasteiger partial charge in [-0.25, -0.2) is 0 Å². The van der Waals surface area contributed by atoms with Crippen molar-refractivity contribution in [1.29, 1.82) is 0 Å². The molecule has 1 saturated carbocycles. The first-order valence-electron chi connectivity index (χ1n) is 14.4. The fraction of sp³-hybridized carbons (Fsp3) is 0.485. The fourth-order valence-electron chi connectivity index (χ4n) is 4.40. The van der Waals surface area contributed by atoms with Gasteiger partial charge in [0.1, 0.15) is 0 Å². The summed E-state index contributed by atoms with van der Waals surface area (Å²) in [5, 5.41) is 6.22. The minimum Gasteiger partial charge on any atom is -0.353 e. The molecule has 0 unspecified atom stereocenters. The van der Waals surface area contributed by atoms with E-state index in [9.17, 15) is 9.59 Å². The largest absolute Gasteiger partial charge is 0.353 e. The maximum Gasteiger partial charge on any atom is 0.252 e. The normalized spacial score (nSPS) is 18.3. The number of rotatable bonds is 17. The standard InChI is InChI=1S/C33H47N3O2/c1-2-3-4-5-6-7-8-9-10-11-12-13-14-15-16-17-18-21-32(37)36-31-24-22-29(23-25-31)27-35-33(38)30-20-19-26-34-28-30/h3-4,6-7,9-10,12-13,15-16,19-20,26,28-29,31H,2,5,8,11,14,17-18,21-25,27H2,1H3,(H,35,38)(H,36,37)/b4-3-,7-6-,10-9-,13-12-,16-15-. The van der Waals surface area contributed by atoms with Crippen LogP contribution in [0.2, 0.25) is 0 Å². The van der Waals surface area contributed by atoms with Crippen molar-refractivity contribution >= 4 is 11.8 Å². The summed E-state index contributed by atoms with van der Waals surface area (Å²) in [7, 11) is 0. The molecule has 1 aliphatic carbocycles. The van der Waals surface area contributed by atoms with E-state index in [0.29, 0.717) is 24.4 Å². The topological polar surface area (TPSA) is 71.1 Å². The third kappa shape index (κ3) is 15.1. The Bertz CT molecular complexity index is 923. The molecule has 0 saturated heterocycles. The van der Waals surface area contributed by atoms with E-state index in [-0.39, 0.29) is 17.9 Å². The van der Waals surface area contributed by atoms with Crippen LogP contribution in [0.1, 0.15) is 94.3 Å². The Balaban J connectivity index is 1.44. The van der Waals surface area contributed by atoms with Gasteiger partial charge in [-0.3, -0.25) is 14.6 Å². The molecule has 0 radical (unpaired) electrons. The first-order valence-corrected chi connectivity index (χ1v) is 14.4. The highest BCUT2D eigenvalue weighted by atomic mass is 16.2. The van der Waals surface area contributed by atoms with Crippen LogP contribution in [-0.4, -0.2) is 29.4 Å². The summed E-state index contributed by atoms with van der Waals surface area (Å²) in [6.45, 7) is 2.83. The third-order valence-corrected chi connectivity index (χ3v) is 6.62. The van der Waals surface area contributed by atoms with Gasteiger partial charge >= 0.3 is 0 Å². The summed E-state index contributed by atoms with van der Waals surface area (Å²) in [5.74, 6) is 0.561. The van der Waals surface area contributed by atoms with Crippen LogP contribution in [0.3, 0.4) is 0 Å². The van der Waals surface area contributed by atoms with Crippen LogP contribution in [-0.2, 0) is 4.79 Å². The third-order valence-electron chi connectivity index (χ3n) is 6.62. The first kappa shape index (κ1) is 31.0. The van der Waals surface area contributed by atoms with E-state index < -0.39 is 0 Å². The zero-order chi connectivity index (χ0) is 27.1. The molecule has 0 aromatic carbocycles. The molecule has 0 spiro atoms. The summed E-state index contributed by atoms with van der Waals surface area (Å²) in [4.78, 5) is 28.5. The number of carbonyl (C=O) groups excluding carboxylic acids is 2. The van der Waals surface area contributed by atoms with Crippen LogP contribution < -0.4 is 10.6 Å². The predicted molar refractivity (Wildman–Crippen MR) is 159 cm³/mol. The van der Waals surface area contributed by atoms with Crippen LogP contribution >= 0.6 is 0 Å². The number of hydrogen-bond acceptors (Lipinski definition) is 3. The molecular formula is C33H47N3O2. The fourth-order valence-corrected chi connectivity index (χ4v) is 4.40. The molecule has 5 nitrogen and oxygen atoms in total. The Labute approximate surface area is 230 Å². The second kappa shape index (κ2) is 20.8. The van der Waals surface area contributed by atoms with Gasteiger partial charge in [0.25, 0.3) is 5.91 Å². The number of hydrogen-bond donors (Lipinski definition) is 2. The molecule has 2 rings (SSSR count). The van der Waals surface area contributed by atoms with Gasteiger partial charge < -0.3 is 10.6 Å². The van der Waals surface area contributed by atoms with Crippen molar-refractivity contribution < 1.29 is 9.59 Å². The van der Waals surface area contributed by atoms with Gasteiger partial charge in [0.05, 0.1) is 5.56 Å². The first-order chi connectivity index (χ1) is 18.7. The van der Waals surface area contributed by atoms with Gasteiger partial charge in [-0.15, -0.1) is 0 Å². The van der Waals surface area contributed by atoms with E-state index in [1.807, 2.05) is 0 Å². The molecule has 1 aromatic heterocycles. The molecule has 1 heterocycles. The Kier molecular flexibility index (Phi) is 17.0. The molecule has 0 atom stereocenters. The van der Waals surface area contributed by atoms with Crippen LogP contribution in [0.15, 0.2) is 85.3 Å². The van der Waals surface area contributed by atoms with Gasteiger partial charge in [-0.05, 0) is 88.7 Å². The average Bonchev–Trinajstić information content (AvgIpc) is 2.94. The van der Waals surface area contributed by atoms with Gasteiger partial charge in [-0.2, -0.15) is 0 Å². The smallest absolute Gasteiger partial charge is 0.252 e. The lowest BCUT2D eigenvalue weighted by Crippen LogP contribution is -2.39. The van der Waals surface area contributed by atoms with Crippen LogP contribution in [0.4, 0.5) is 0 Å². The zero-order valence-electron chi connectivity index (χ0n) is 23.2. The van der Waals surface area contributed by atoms with Crippen molar-refractivity contribution in [1.82, 2.24) is 15.6 Å². The molecule has 2 amide bonds. The molecule has 1 fully saturated rings. The molecule has 0 aliphatic heterocycles. The van der Waals surface area contributed by atoms with E-state index in [1.54, 1.807) is 24.5 Å². The predicted octanol–water partition coefficient (Wildman–Crippen LogP) is 7.41. The lowest BCUT2D eigenvalue weighted by molar-refractivity contribution is -0.122. The molecule has 38 heavy (non-hydrogen) atoms. The molecule has 1 aromatic rings. The quantitative estimate of drug-likeness (QED) is 0.167. The summed E-state index contributed by atoms with van der Waals surface area (Å²) in [6.07, 6.45) is 36.7. The molecule has 5 heteroatoms. The number of aromatic nitrogens is 1. The summed E-state index contributed by atoms with van der Waals surface area (Å²) in [5.41, 5.74) is 0.595. The van der Waals surface area contributed by atoms with Crippen molar-refractivity contribution in [2.24, 2.45) is 5.92 Å². The van der Waals surface area contributed by atoms with E-state index in [4.69, 9.17) is 0 Å². The number of allylic oxidation sites excluding steroid dienone is 10. The maximum atomic E-state index is 12.3. The summed E-state index contributed by atoms with van der Waals surface area (Å²) >= 11 is 0. The van der Waals surface area contributed by atoms with Crippen molar-refractivity contribution in [3.8, 4) is 0 Å². The highest BCUT2D eigenvalue weighted by Crippen LogP contribution is 2.24. The number of amides is 2. The number of nitrogens with zero attached hydrogens (tertiary/aromatic N) is 1. The minimum atomic E-state index is -0.0685. The zero-order valence-corrected chi connectivity index (χ0v) is 23.2. The van der Waals surface area contributed by atoms with Gasteiger partial charge in [-0.1, -0.05) is 67.7 Å². The van der Waals surface area contributed by atoms with E-state index in [1.165, 1.54) is 0 Å². The van der Waals surface area contributed by atoms with E-state index in [2.05, 4.69) is 83.3 Å². The second-order valence-corrected chi connectivity index (χ2v) is 9.84. The van der Waals surface area contributed by atoms with Crippen LogP contribution in [0, 0.1) is 5.92 Å². The molecule has 0 bridgehead atoms. The molecular weight excluding hydrogens is 470 g/mol. The highest BCUT2D eigenvalue weighted by molar-refractivity contribution is 5.93. The maximum absolute atomic E-state index is 12.3. The second-order valence-electron chi connectivity index (χ2n) is 9.84. The minimum absolute atomic E-state index is 0.0685. The van der Waals surface area contributed by atoms with E-state index in [0.717, 1.165) is 70.6 Å². The Morgan fingerprint density at radius 2 is 1.47 bits per heavy atom. The highest BCUT2D eigenvalue weighted by Gasteiger charge is 2.22. The van der Waals surface area contributed by atoms with Crippen molar-refractivity contribution in [3.63, 3.8) is 0 Å². The van der Waals surface area contributed by atoms with Crippen molar-refractivity contribution in [2.45, 2.75) is 90.0 Å². The summed E-state index contributed by atoms with van der Waals surface area (Å²) < 4.78 is 0. The number of nitrogens with one attached hydrogen (secondary N) is 2. The van der Waals surface area contributed by atoms with Crippen LogP contribution in [0.25, 0.3) is 0 Å². The Hall–Kier alpha value is -3.21. The van der Waals surface area contributed by atoms with Gasteiger partial charge in [0.2, 0.25) is 5.91 Å². The van der Waals surface area contributed by atoms with Crippen molar-refractivity contribution in [3.05, 3.63) is 90.9 Å². The van der Waals surface area contributed by atoms with Crippen LogP contribution in [0.5, 0.6) is 0 Å². The summed E-state index contributed by atoms with van der Waals surface area (Å²) in [6, 6.07) is 3.81. The average molecular weight is 518 g/mol. The monoisotopic (exact) mass is 517 g/mol. The van der Waals surface area contributed by atoms with Crippen molar-refractivity contribution in [2.75, 3.05) is 6.54 Å². The lowest BCUT2D eigenvalue weighted by atomic mass is 9.86. The number of carbonyl (C=O) groups is 2. The lowest BCUT2D eigenvalue weighted by Gasteiger charge is -2.29.